The molecular formula is C38H58N8. The lowest BCUT2D eigenvalue weighted by Crippen LogP contribution is -2.37. The maximum Gasteiger partial charge on any atom is 0.0358 e. The van der Waals surface area contributed by atoms with Gasteiger partial charge in [-0.25, -0.2) is 0 Å². The minimum Gasteiger partial charge on any atom is -0.387 e. The van der Waals surface area contributed by atoms with Crippen molar-refractivity contribution >= 4 is 0 Å². The van der Waals surface area contributed by atoms with Crippen molar-refractivity contribution in [2.75, 3.05) is 91.6 Å². The predicted octanol–water partition coefficient (Wildman–Crippen LogP) is 3.18. The summed E-state index contributed by atoms with van der Waals surface area (Å²) in [6.45, 7) is 16.0. The Hall–Kier alpha value is -2.98. The van der Waals surface area contributed by atoms with Crippen LogP contribution in [0.4, 0.5) is 0 Å². The molecule has 4 aliphatic rings. The number of fused-ring (bicyclic) bond motifs is 4. The van der Waals surface area contributed by atoms with Crippen LogP contribution in [0, 0.1) is 0 Å². The normalized spacial score (nSPS) is 26.1. The molecule has 6 N–H and O–H groups in total. The number of nitrogens with zero attached hydrogens (tertiary/aromatic N) is 2. The van der Waals surface area contributed by atoms with Crippen molar-refractivity contribution in [2.45, 2.75) is 38.8 Å². The monoisotopic (exact) mass is 626 g/mol. The second kappa shape index (κ2) is 20.3. The van der Waals surface area contributed by atoms with Crippen molar-refractivity contribution in [3.8, 4) is 0 Å². The molecule has 0 spiro atoms. The summed E-state index contributed by atoms with van der Waals surface area (Å²) < 4.78 is 0. The van der Waals surface area contributed by atoms with Crippen LogP contribution in [0.1, 0.15) is 36.8 Å². The van der Waals surface area contributed by atoms with Crippen LogP contribution < -0.4 is 31.9 Å². The van der Waals surface area contributed by atoms with Gasteiger partial charge in [0, 0.05) is 104 Å². The lowest BCUT2D eigenvalue weighted by atomic mass is 10.0. The molecule has 46 heavy (non-hydrogen) atoms. The fraction of sp³-hybridized carbons (Fsp3) is 0.526. The van der Waals surface area contributed by atoms with Gasteiger partial charge in [0.2, 0.25) is 0 Å². The van der Waals surface area contributed by atoms with E-state index in [1.165, 1.54) is 33.4 Å². The molecule has 0 amide bonds. The summed E-state index contributed by atoms with van der Waals surface area (Å²) in [5.74, 6) is 0. The van der Waals surface area contributed by atoms with Gasteiger partial charge >= 0.3 is 0 Å². The van der Waals surface area contributed by atoms with E-state index < -0.39 is 0 Å². The zero-order valence-corrected chi connectivity index (χ0v) is 28.0. The Kier molecular flexibility index (Phi) is 15.2. The minimum absolute atomic E-state index is 0.932. The van der Waals surface area contributed by atoms with Crippen LogP contribution in [-0.2, 0) is 13.1 Å². The van der Waals surface area contributed by atoms with Crippen molar-refractivity contribution in [2.24, 2.45) is 0 Å². The van der Waals surface area contributed by atoms with Gasteiger partial charge in [0.1, 0.15) is 0 Å². The molecule has 0 atom stereocenters. The average Bonchev–Trinajstić information content (AvgIpc) is 3.07. The van der Waals surface area contributed by atoms with E-state index in [-0.39, 0.29) is 0 Å². The first-order valence-electron chi connectivity index (χ1n) is 17.7. The van der Waals surface area contributed by atoms with E-state index in [2.05, 4.69) is 115 Å². The van der Waals surface area contributed by atoms with E-state index in [4.69, 9.17) is 0 Å². The number of hydrogen-bond donors (Lipinski definition) is 6. The van der Waals surface area contributed by atoms with Crippen molar-refractivity contribution < 1.29 is 0 Å². The van der Waals surface area contributed by atoms with Gasteiger partial charge in [0.15, 0.2) is 0 Å². The Labute approximate surface area is 278 Å². The quantitative estimate of drug-likeness (QED) is 0.285. The summed E-state index contributed by atoms with van der Waals surface area (Å²) in [5.41, 5.74) is 8.48. The Bertz CT molecular complexity index is 1130. The molecule has 5 rings (SSSR count). The highest BCUT2D eigenvalue weighted by Gasteiger charge is 2.11. The van der Waals surface area contributed by atoms with Gasteiger partial charge in [-0.2, -0.15) is 0 Å². The molecule has 0 saturated carbocycles. The van der Waals surface area contributed by atoms with E-state index >= 15 is 0 Å². The molecule has 4 bridgehead atoms. The molecule has 8 heteroatoms. The lowest BCUT2D eigenvalue weighted by Gasteiger charge is -2.24. The van der Waals surface area contributed by atoms with E-state index in [0.29, 0.717) is 0 Å². The van der Waals surface area contributed by atoms with Gasteiger partial charge in [0.05, 0.1) is 0 Å². The molecule has 4 heterocycles. The van der Waals surface area contributed by atoms with Gasteiger partial charge in [-0.15, -0.1) is 0 Å². The summed E-state index contributed by atoms with van der Waals surface area (Å²) in [5, 5.41) is 21.5. The molecule has 1 aromatic rings. The number of benzene rings is 1. The Morgan fingerprint density at radius 2 is 0.957 bits per heavy atom. The fourth-order valence-electron chi connectivity index (χ4n) is 6.36. The van der Waals surface area contributed by atoms with Gasteiger partial charge in [-0.05, 0) is 72.2 Å². The number of allylic oxidation sites excluding steroid dienone is 4. The molecule has 0 saturated heterocycles. The zero-order valence-electron chi connectivity index (χ0n) is 28.0. The second-order valence-electron chi connectivity index (χ2n) is 12.9. The third-order valence-corrected chi connectivity index (χ3v) is 9.06. The third kappa shape index (κ3) is 13.0. The van der Waals surface area contributed by atoms with Crippen molar-refractivity contribution in [3.05, 3.63) is 107 Å². The molecule has 0 fully saturated rings. The fourth-order valence-corrected chi connectivity index (χ4v) is 6.36. The van der Waals surface area contributed by atoms with Gasteiger partial charge in [0.25, 0.3) is 0 Å². The topological polar surface area (TPSA) is 78.7 Å². The van der Waals surface area contributed by atoms with Crippen LogP contribution in [0.25, 0.3) is 0 Å². The Morgan fingerprint density at radius 3 is 1.41 bits per heavy atom. The van der Waals surface area contributed by atoms with Crippen LogP contribution in [0.2, 0.25) is 0 Å². The molecule has 8 nitrogen and oxygen atoms in total. The van der Waals surface area contributed by atoms with Crippen LogP contribution in [0.3, 0.4) is 0 Å². The standard InChI is InChI=1S/C38H58N8/c1-3-13-39-17-21-45(23-19-41-15-11-37-25-35(5-1)27-43-29-37)31-33-7-9-34(10-8-33)32-46-22-18-40-14-4-2-6-36-26-38(30-44-28-36)12-16-42-20-24-46/h1-2,5-12,27-28,39-44H,3-4,13-26,29-32H2/b5-1-,6-2-,37-11-,38-12-. The molecule has 250 valence electrons. The van der Waals surface area contributed by atoms with Crippen LogP contribution >= 0.6 is 0 Å². The molecule has 0 aliphatic carbocycles. The third-order valence-electron chi connectivity index (χ3n) is 9.06. The maximum atomic E-state index is 3.66. The number of hydrogen-bond acceptors (Lipinski definition) is 8. The van der Waals surface area contributed by atoms with Crippen molar-refractivity contribution in [1.29, 1.82) is 0 Å². The first-order valence-corrected chi connectivity index (χ1v) is 17.7. The second-order valence-corrected chi connectivity index (χ2v) is 12.9. The van der Waals surface area contributed by atoms with E-state index in [0.717, 1.165) is 130 Å². The molecule has 0 radical (unpaired) electrons. The zero-order chi connectivity index (χ0) is 31.5. The smallest absolute Gasteiger partial charge is 0.0358 e. The largest absolute Gasteiger partial charge is 0.387 e. The summed E-state index contributed by atoms with van der Waals surface area (Å²) in [6, 6.07) is 9.38. The van der Waals surface area contributed by atoms with Gasteiger partial charge in [-0.1, -0.05) is 60.7 Å². The maximum absolute atomic E-state index is 3.66. The predicted molar refractivity (Wildman–Crippen MR) is 194 cm³/mol. The summed E-state index contributed by atoms with van der Waals surface area (Å²) in [6.07, 6.45) is 22.5. The van der Waals surface area contributed by atoms with Crippen LogP contribution in [0.15, 0.2) is 95.4 Å². The van der Waals surface area contributed by atoms with Crippen LogP contribution in [-0.4, -0.2) is 101 Å². The summed E-state index contributed by atoms with van der Waals surface area (Å²) >= 11 is 0. The van der Waals surface area contributed by atoms with Gasteiger partial charge < -0.3 is 31.9 Å². The van der Waals surface area contributed by atoms with E-state index in [1.54, 1.807) is 0 Å². The van der Waals surface area contributed by atoms with Crippen LogP contribution in [0.5, 0.6) is 0 Å². The average molecular weight is 627 g/mol. The first-order chi connectivity index (χ1) is 22.8. The number of rotatable bonds is 4. The highest BCUT2D eigenvalue weighted by atomic mass is 15.2. The lowest BCUT2D eigenvalue weighted by molar-refractivity contribution is 0.264. The van der Waals surface area contributed by atoms with E-state index in [1.807, 2.05) is 0 Å². The summed E-state index contributed by atoms with van der Waals surface area (Å²) in [4.78, 5) is 5.17. The Morgan fingerprint density at radius 1 is 0.522 bits per heavy atom. The van der Waals surface area contributed by atoms with Gasteiger partial charge in [-0.3, -0.25) is 9.80 Å². The molecule has 0 unspecified atom stereocenters. The minimum atomic E-state index is 0.932. The molecule has 1 aromatic carbocycles. The molecule has 4 aliphatic heterocycles. The van der Waals surface area contributed by atoms with Crippen molar-refractivity contribution in [3.63, 3.8) is 0 Å². The Balaban J connectivity index is 1.10. The molecular weight excluding hydrogens is 568 g/mol. The van der Waals surface area contributed by atoms with E-state index in [9.17, 15) is 0 Å². The molecule has 0 aromatic heterocycles. The summed E-state index contributed by atoms with van der Waals surface area (Å²) in [7, 11) is 0. The first kappa shape index (κ1) is 34.4. The van der Waals surface area contributed by atoms with Crippen molar-refractivity contribution in [1.82, 2.24) is 41.7 Å². The highest BCUT2D eigenvalue weighted by molar-refractivity contribution is 5.30. The SMILES string of the molecule is C1=C2/C=C\CCNCCN(Cc3ccc(CN4CCNC/C=C5\CNC=C(/C=C\CCNCC4)C5)cc3)CCNC/C=C(\CN1)C2. The highest BCUT2D eigenvalue weighted by Crippen LogP contribution is 2.17. The number of nitrogens with one attached hydrogen (secondary N) is 6.